The highest BCUT2D eigenvalue weighted by Crippen LogP contribution is 2.50. The number of benzene rings is 7. The molecule has 5 atom stereocenters. The van der Waals surface area contributed by atoms with Gasteiger partial charge in [-0.2, -0.15) is 0 Å². The molecule has 0 unspecified atom stereocenters. The van der Waals surface area contributed by atoms with Crippen molar-refractivity contribution in [2.45, 2.75) is 97.6 Å². The van der Waals surface area contributed by atoms with Crippen molar-refractivity contribution in [2.24, 2.45) is 5.92 Å². The Morgan fingerprint density at radius 2 is 1.05 bits per heavy atom. The fraction of sp³-hybridized carbons (Fsp3) is 0.269. The lowest BCUT2D eigenvalue weighted by Crippen LogP contribution is -2.58. The van der Waals surface area contributed by atoms with E-state index in [1.165, 1.54) is 23.9 Å². The summed E-state index contributed by atoms with van der Waals surface area (Å²) in [6.07, 6.45) is -0.648. The quantitative estimate of drug-likeness (QED) is 0.0211. The topological polar surface area (TPSA) is 197 Å². The molecule has 16 heteroatoms. The zero-order chi connectivity index (χ0) is 58.8. The summed E-state index contributed by atoms with van der Waals surface area (Å²) in [6.45, 7) is 5.37. The summed E-state index contributed by atoms with van der Waals surface area (Å²) >= 11 is 3.13. The summed E-state index contributed by atoms with van der Waals surface area (Å²) in [5.74, 6) is -3.94. The molecule has 7 aromatic rings. The highest BCUT2D eigenvalue weighted by atomic mass is 32.2. The minimum Gasteiger partial charge on any atom is -0.457 e. The Morgan fingerprint density at radius 3 is 1.49 bits per heavy atom. The van der Waals surface area contributed by atoms with E-state index >= 15 is 0 Å². The van der Waals surface area contributed by atoms with Crippen LogP contribution in [0.15, 0.2) is 223 Å². The lowest BCUT2D eigenvalue weighted by Gasteiger charge is -2.37. The molecule has 0 aliphatic carbocycles. The van der Waals surface area contributed by atoms with Crippen LogP contribution in [-0.4, -0.2) is 85.0 Å². The number of carbonyl (C=O) groups excluding carboxylic acids is 5. The highest BCUT2D eigenvalue weighted by Gasteiger charge is 2.41. The van der Waals surface area contributed by atoms with E-state index in [4.69, 9.17) is 4.74 Å². The number of sulfonamides is 1. The van der Waals surface area contributed by atoms with Gasteiger partial charge < -0.3 is 25.8 Å². The number of aliphatic hydroxyl groups is 1. The van der Waals surface area contributed by atoms with Gasteiger partial charge in [-0.15, -0.1) is 23.5 Å². The second kappa shape index (κ2) is 29.0. The first-order valence-electron chi connectivity index (χ1n) is 27.8. The Balaban J connectivity index is 1.10. The number of amides is 4. The lowest BCUT2D eigenvalue weighted by atomic mass is 9.84. The molecule has 0 radical (unpaired) electrons. The van der Waals surface area contributed by atoms with Crippen LogP contribution in [0.25, 0.3) is 0 Å². The molecule has 1 saturated heterocycles. The molecule has 0 spiro atoms. The SMILES string of the molecule is Cc1ccc(S(=O)(=O)NC(=O)CC[C@H]2NC(=O)C[C@@H](C=CCCSC(c3ccccc3)(c3ccccc3)c3ccccc3)OC(=O)C[C@H](O)[C@@H](C(C)C)NC(=O)[C@@H](CSC(c3ccccc3)(c3ccccc3)c3ccccc3)NC2=O)cc1. The van der Waals surface area contributed by atoms with E-state index in [0.29, 0.717) is 12.2 Å². The Morgan fingerprint density at radius 1 is 0.614 bits per heavy atom. The molecule has 0 bridgehead atoms. The zero-order valence-electron chi connectivity index (χ0n) is 46.6. The van der Waals surface area contributed by atoms with E-state index < -0.39 is 111 Å². The van der Waals surface area contributed by atoms with Crippen molar-refractivity contribution in [1.82, 2.24) is 20.7 Å². The number of carbonyl (C=O) groups is 5. The van der Waals surface area contributed by atoms with Crippen molar-refractivity contribution in [3.8, 4) is 0 Å². The maximum Gasteiger partial charge on any atom is 0.309 e. The molecule has 7 aromatic carbocycles. The number of aliphatic hydroxyl groups excluding tert-OH is 1. The normalized spacial score (nSPS) is 18.7. The second-order valence-electron chi connectivity index (χ2n) is 20.8. The number of hydrogen-bond acceptors (Lipinski definition) is 11. The number of aryl methyl sites for hydroxylation is 1. The van der Waals surface area contributed by atoms with E-state index in [2.05, 4.69) is 57.1 Å². The number of cyclic esters (lactones) is 1. The van der Waals surface area contributed by atoms with Gasteiger partial charge in [0.1, 0.15) is 18.2 Å². The molecular formula is C67H70N4O9S3. The molecule has 5 N–H and O–H groups in total. The first kappa shape index (κ1) is 61.3. The average molecular weight is 1170 g/mol. The number of esters is 1. The predicted octanol–water partition coefficient (Wildman–Crippen LogP) is 10.2. The van der Waals surface area contributed by atoms with E-state index in [1.54, 1.807) is 50.7 Å². The summed E-state index contributed by atoms with van der Waals surface area (Å²) in [5, 5.41) is 20.4. The molecule has 1 aliphatic heterocycles. The monoisotopic (exact) mass is 1170 g/mol. The van der Waals surface area contributed by atoms with Gasteiger partial charge in [-0.1, -0.05) is 220 Å². The second-order valence-corrected chi connectivity index (χ2v) is 25.0. The van der Waals surface area contributed by atoms with Gasteiger partial charge in [0.25, 0.3) is 10.0 Å². The van der Waals surface area contributed by atoms with Gasteiger partial charge in [0, 0.05) is 12.2 Å². The minimum absolute atomic E-state index is 0.0660. The fourth-order valence-corrected chi connectivity index (χ4v) is 14.4. The van der Waals surface area contributed by atoms with E-state index in [9.17, 15) is 37.5 Å². The number of ether oxygens (including phenoxy) is 1. The van der Waals surface area contributed by atoms with Crippen molar-refractivity contribution in [3.63, 3.8) is 0 Å². The summed E-state index contributed by atoms with van der Waals surface area (Å²) < 4.78 is 33.2. The molecule has 1 fully saturated rings. The largest absolute Gasteiger partial charge is 0.457 e. The van der Waals surface area contributed by atoms with Gasteiger partial charge in [-0.05, 0) is 83.0 Å². The summed E-state index contributed by atoms with van der Waals surface area (Å²) in [4.78, 5) is 71.7. The fourth-order valence-electron chi connectivity index (χ4n) is 10.3. The molecule has 430 valence electrons. The number of thioether (sulfide) groups is 2. The molecule has 13 nitrogen and oxygen atoms in total. The lowest BCUT2D eigenvalue weighted by molar-refractivity contribution is -0.151. The van der Waals surface area contributed by atoms with Crippen LogP contribution in [0.2, 0.25) is 0 Å². The average Bonchev–Trinajstić information content (AvgIpc) is 2.63. The first-order valence-corrected chi connectivity index (χ1v) is 31.2. The standard InChI is InChI=1S/C67H70N4O9S3/c1-47(2)63-59(72)45-62(75)80-55(36-22-23-43-81-66(49-24-10-4-11-25-49,50-26-12-5-13-27-50)51-28-14-6-15-29-51)44-61(74)68-57(41-42-60(73)71-83(78,79)56-39-37-48(3)38-40-56)64(76)69-58(65(77)70-63)46-82-67(52-30-16-7-17-31-52,53-32-18-8-19-33-53)54-34-20-9-21-35-54/h4-22,24-40,47,55,57-59,63,72H,23,41-46H2,1-3H3,(H,68,74)(H,69,76)(H,70,77)(H,71,73)/t55-,57-,58-,59+,63-/m1/s1. The molecule has 0 aromatic heterocycles. The van der Waals surface area contributed by atoms with Crippen LogP contribution in [0, 0.1) is 12.8 Å². The van der Waals surface area contributed by atoms with Crippen molar-refractivity contribution >= 4 is 63.1 Å². The Labute approximate surface area is 495 Å². The van der Waals surface area contributed by atoms with Crippen LogP contribution < -0.4 is 20.7 Å². The first-order chi connectivity index (χ1) is 40.1. The predicted molar refractivity (Wildman–Crippen MR) is 329 cm³/mol. The van der Waals surface area contributed by atoms with Crippen LogP contribution in [0.1, 0.15) is 84.9 Å². The maximum absolute atomic E-state index is 15.0. The number of nitrogens with one attached hydrogen (secondary N) is 4. The summed E-state index contributed by atoms with van der Waals surface area (Å²) in [7, 11) is -4.32. The molecule has 1 aliphatic rings. The summed E-state index contributed by atoms with van der Waals surface area (Å²) in [6, 6.07) is 62.1. The van der Waals surface area contributed by atoms with Crippen molar-refractivity contribution in [1.29, 1.82) is 0 Å². The molecule has 83 heavy (non-hydrogen) atoms. The number of hydrogen-bond donors (Lipinski definition) is 5. The van der Waals surface area contributed by atoms with E-state index in [0.717, 1.165) is 38.9 Å². The van der Waals surface area contributed by atoms with Crippen LogP contribution >= 0.6 is 23.5 Å². The van der Waals surface area contributed by atoms with Crippen molar-refractivity contribution in [3.05, 3.63) is 257 Å². The van der Waals surface area contributed by atoms with Gasteiger partial charge >= 0.3 is 5.97 Å². The maximum atomic E-state index is 15.0. The van der Waals surface area contributed by atoms with Crippen LogP contribution in [0.3, 0.4) is 0 Å². The van der Waals surface area contributed by atoms with Crippen molar-refractivity contribution in [2.75, 3.05) is 11.5 Å². The molecule has 1 heterocycles. The van der Waals surface area contributed by atoms with Crippen LogP contribution in [0.4, 0.5) is 0 Å². The Bertz CT molecular complexity index is 3200. The smallest absolute Gasteiger partial charge is 0.309 e. The van der Waals surface area contributed by atoms with Gasteiger partial charge in [0.15, 0.2) is 0 Å². The van der Waals surface area contributed by atoms with Crippen LogP contribution in [-0.2, 0) is 48.2 Å². The molecular weight excluding hydrogens is 1100 g/mol. The van der Waals surface area contributed by atoms with Crippen molar-refractivity contribution < 1.29 is 42.2 Å². The third-order valence-electron chi connectivity index (χ3n) is 14.5. The summed E-state index contributed by atoms with van der Waals surface area (Å²) in [5.41, 5.74) is 6.73. The molecule has 4 amide bonds. The Hall–Kier alpha value is -7.76. The third kappa shape index (κ3) is 15.7. The third-order valence-corrected chi connectivity index (χ3v) is 19.1. The molecule has 8 rings (SSSR count). The van der Waals surface area contributed by atoms with E-state index in [1.807, 2.05) is 152 Å². The minimum atomic E-state index is -4.32. The number of rotatable bonds is 20. The Kier molecular flexibility index (Phi) is 21.4. The van der Waals surface area contributed by atoms with Gasteiger partial charge in [0.2, 0.25) is 23.6 Å². The van der Waals surface area contributed by atoms with Gasteiger partial charge in [-0.25, -0.2) is 13.1 Å². The molecule has 0 saturated carbocycles. The van der Waals surface area contributed by atoms with Gasteiger partial charge in [0.05, 0.1) is 39.4 Å². The van der Waals surface area contributed by atoms with Crippen LogP contribution in [0.5, 0.6) is 0 Å². The van der Waals surface area contributed by atoms with E-state index in [-0.39, 0.29) is 10.6 Å². The number of allylic oxidation sites excluding steroid dienone is 1. The highest BCUT2D eigenvalue weighted by molar-refractivity contribution is 8.01. The zero-order valence-corrected chi connectivity index (χ0v) is 49.1. The van der Waals surface area contributed by atoms with Gasteiger partial charge in [-0.3, -0.25) is 24.0 Å².